The summed E-state index contributed by atoms with van der Waals surface area (Å²) in [6.45, 7) is 0. The summed E-state index contributed by atoms with van der Waals surface area (Å²) >= 11 is 2.96. The molecule has 7 heteroatoms. The molecule has 0 saturated heterocycles. The van der Waals surface area contributed by atoms with E-state index in [4.69, 9.17) is 5.73 Å². The maximum absolute atomic E-state index is 13.8. The van der Waals surface area contributed by atoms with E-state index in [-0.39, 0.29) is 21.5 Å². The van der Waals surface area contributed by atoms with Crippen LogP contribution in [0.3, 0.4) is 0 Å². The summed E-state index contributed by atoms with van der Waals surface area (Å²) in [4.78, 5) is 3.74. The minimum atomic E-state index is -4.56. The van der Waals surface area contributed by atoms with Crippen LogP contribution in [-0.2, 0) is 6.18 Å². The zero-order valence-electron chi connectivity index (χ0n) is 9.30. The topological polar surface area (TPSA) is 38.9 Å². The van der Waals surface area contributed by atoms with Gasteiger partial charge in [0.15, 0.2) is 0 Å². The van der Waals surface area contributed by atoms with Gasteiger partial charge in [0.2, 0.25) is 0 Å². The SMILES string of the molecule is Nc1cc(C(F)(F)F)cc(-c2cccc(Br)c2F)n1. The van der Waals surface area contributed by atoms with E-state index in [2.05, 4.69) is 20.9 Å². The number of rotatable bonds is 1. The predicted octanol–water partition coefficient (Wildman–Crippen LogP) is 4.25. The molecule has 1 aromatic carbocycles. The Morgan fingerprint density at radius 3 is 2.47 bits per heavy atom. The minimum Gasteiger partial charge on any atom is -0.384 e. The highest BCUT2D eigenvalue weighted by molar-refractivity contribution is 9.10. The molecule has 0 bridgehead atoms. The largest absolute Gasteiger partial charge is 0.416 e. The third-order valence-electron chi connectivity index (χ3n) is 2.40. The first-order chi connectivity index (χ1) is 8.79. The van der Waals surface area contributed by atoms with Gasteiger partial charge in [-0.05, 0) is 40.2 Å². The molecule has 1 aromatic heterocycles. The van der Waals surface area contributed by atoms with Gasteiger partial charge in [-0.2, -0.15) is 13.2 Å². The molecular weight excluding hydrogens is 328 g/mol. The van der Waals surface area contributed by atoms with Crippen LogP contribution in [0.5, 0.6) is 0 Å². The van der Waals surface area contributed by atoms with Gasteiger partial charge in [0, 0.05) is 5.56 Å². The Balaban J connectivity index is 2.63. The highest BCUT2D eigenvalue weighted by Crippen LogP contribution is 2.34. The fraction of sp³-hybridized carbons (Fsp3) is 0.0833. The van der Waals surface area contributed by atoms with Gasteiger partial charge < -0.3 is 5.73 Å². The van der Waals surface area contributed by atoms with E-state index >= 15 is 0 Å². The van der Waals surface area contributed by atoms with Crippen LogP contribution in [0.25, 0.3) is 11.3 Å². The first-order valence-electron chi connectivity index (χ1n) is 5.08. The van der Waals surface area contributed by atoms with Gasteiger partial charge in [-0.3, -0.25) is 0 Å². The first kappa shape index (κ1) is 13.8. The number of alkyl halides is 3. The maximum atomic E-state index is 13.8. The van der Waals surface area contributed by atoms with Crippen molar-refractivity contribution in [1.82, 2.24) is 4.98 Å². The lowest BCUT2D eigenvalue weighted by atomic mass is 10.1. The lowest BCUT2D eigenvalue weighted by Crippen LogP contribution is -2.07. The van der Waals surface area contributed by atoms with Crippen LogP contribution in [0.15, 0.2) is 34.8 Å². The molecule has 2 nitrogen and oxygen atoms in total. The van der Waals surface area contributed by atoms with Crippen molar-refractivity contribution in [3.8, 4) is 11.3 Å². The molecule has 0 saturated carbocycles. The Kier molecular flexibility index (Phi) is 3.49. The Bertz CT molecular complexity index is 626. The molecular formula is C12H7BrF4N2. The van der Waals surface area contributed by atoms with E-state index in [0.29, 0.717) is 6.07 Å². The van der Waals surface area contributed by atoms with Crippen LogP contribution in [0.1, 0.15) is 5.56 Å². The van der Waals surface area contributed by atoms with Crippen LogP contribution < -0.4 is 5.73 Å². The Morgan fingerprint density at radius 1 is 1.16 bits per heavy atom. The van der Waals surface area contributed by atoms with Crippen molar-refractivity contribution >= 4 is 21.7 Å². The number of nitrogens with two attached hydrogens (primary N) is 1. The van der Waals surface area contributed by atoms with E-state index in [1.165, 1.54) is 18.2 Å². The molecule has 0 unspecified atom stereocenters. The number of hydrogen-bond acceptors (Lipinski definition) is 2. The highest BCUT2D eigenvalue weighted by atomic mass is 79.9. The van der Waals surface area contributed by atoms with Crippen LogP contribution in [0.2, 0.25) is 0 Å². The molecule has 2 N–H and O–H groups in total. The molecule has 100 valence electrons. The third-order valence-corrected chi connectivity index (χ3v) is 3.01. The molecule has 0 aliphatic carbocycles. The molecule has 1 heterocycles. The molecule has 19 heavy (non-hydrogen) atoms. The molecule has 2 aromatic rings. The standard InChI is InChI=1S/C12H7BrF4N2/c13-8-3-1-2-7(11(8)14)9-4-6(12(15,16)17)5-10(18)19-9/h1-5H,(H2,18,19). The monoisotopic (exact) mass is 334 g/mol. The zero-order chi connectivity index (χ0) is 14.2. The second-order valence-corrected chi connectivity index (χ2v) is 4.62. The maximum Gasteiger partial charge on any atom is 0.416 e. The quantitative estimate of drug-likeness (QED) is 0.792. The second kappa shape index (κ2) is 4.80. The smallest absolute Gasteiger partial charge is 0.384 e. The third kappa shape index (κ3) is 2.86. The molecule has 0 amide bonds. The fourth-order valence-corrected chi connectivity index (χ4v) is 1.92. The molecule has 0 spiro atoms. The molecule has 0 radical (unpaired) electrons. The molecule has 0 aliphatic rings. The molecule has 0 fully saturated rings. The van der Waals surface area contributed by atoms with Crippen molar-refractivity contribution in [3.63, 3.8) is 0 Å². The summed E-state index contributed by atoms with van der Waals surface area (Å²) in [6.07, 6.45) is -4.56. The summed E-state index contributed by atoms with van der Waals surface area (Å²) in [7, 11) is 0. The van der Waals surface area contributed by atoms with E-state index in [1.54, 1.807) is 0 Å². The van der Waals surface area contributed by atoms with E-state index < -0.39 is 17.6 Å². The van der Waals surface area contributed by atoms with Gasteiger partial charge in [0.05, 0.1) is 15.7 Å². The van der Waals surface area contributed by atoms with Crippen molar-refractivity contribution in [2.75, 3.05) is 5.73 Å². The van der Waals surface area contributed by atoms with Crippen molar-refractivity contribution in [2.45, 2.75) is 6.18 Å². The number of nitrogens with zero attached hydrogens (tertiary/aromatic N) is 1. The van der Waals surface area contributed by atoms with Gasteiger partial charge in [-0.15, -0.1) is 0 Å². The molecule has 0 aliphatic heterocycles. The van der Waals surface area contributed by atoms with Gasteiger partial charge >= 0.3 is 6.18 Å². The lowest BCUT2D eigenvalue weighted by molar-refractivity contribution is -0.137. The van der Waals surface area contributed by atoms with E-state index in [9.17, 15) is 17.6 Å². The zero-order valence-corrected chi connectivity index (χ0v) is 10.9. The Hall–Kier alpha value is -1.63. The van der Waals surface area contributed by atoms with E-state index in [0.717, 1.165) is 6.07 Å². The van der Waals surface area contributed by atoms with Gasteiger partial charge in [0.1, 0.15) is 11.6 Å². The average Bonchev–Trinajstić information content (AvgIpc) is 2.31. The highest BCUT2D eigenvalue weighted by Gasteiger charge is 2.31. The number of nitrogen functional groups attached to an aromatic ring is 1. The molecule has 0 atom stereocenters. The summed E-state index contributed by atoms with van der Waals surface area (Å²) in [5.41, 5.74) is 4.16. The minimum absolute atomic E-state index is 0.0489. The van der Waals surface area contributed by atoms with Crippen molar-refractivity contribution in [2.24, 2.45) is 0 Å². The van der Waals surface area contributed by atoms with Crippen LogP contribution >= 0.6 is 15.9 Å². The normalized spacial score (nSPS) is 11.6. The second-order valence-electron chi connectivity index (χ2n) is 3.77. The molecule has 2 rings (SSSR count). The first-order valence-corrected chi connectivity index (χ1v) is 5.87. The number of benzene rings is 1. The van der Waals surface area contributed by atoms with E-state index in [1.807, 2.05) is 0 Å². The number of pyridine rings is 1. The summed E-state index contributed by atoms with van der Waals surface area (Å²) in [5.74, 6) is -1.00. The van der Waals surface area contributed by atoms with Gasteiger partial charge in [-0.25, -0.2) is 9.37 Å². The number of anilines is 1. The number of hydrogen-bond donors (Lipinski definition) is 1. The van der Waals surface area contributed by atoms with Crippen molar-refractivity contribution in [3.05, 3.63) is 46.2 Å². The lowest BCUT2D eigenvalue weighted by Gasteiger charge is -2.10. The Morgan fingerprint density at radius 2 is 1.84 bits per heavy atom. The summed E-state index contributed by atoms with van der Waals surface area (Å²) < 4.78 is 52.0. The van der Waals surface area contributed by atoms with Crippen LogP contribution in [0, 0.1) is 5.82 Å². The number of halogens is 5. The van der Waals surface area contributed by atoms with Crippen LogP contribution in [-0.4, -0.2) is 4.98 Å². The Labute approximate surface area is 114 Å². The van der Waals surface area contributed by atoms with Gasteiger partial charge in [0.25, 0.3) is 0 Å². The van der Waals surface area contributed by atoms with Crippen LogP contribution in [0.4, 0.5) is 23.4 Å². The number of aromatic nitrogens is 1. The van der Waals surface area contributed by atoms with Crippen molar-refractivity contribution < 1.29 is 17.6 Å². The van der Waals surface area contributed by atoms with Crippen molar-refractivity contribution in [1.29, 1.82) is 0 Å². The average molecular weight is 335 g/mol. The summed E-state index contributed by atoms with van der Waals surface area (Å²) in [5, 5.41) is 0. The van der Waals surface area contributed by atoms with Gasteiger partial charge in [-0.1, -0.05) is 6.07 Å². The summed E-state index contributed by atoms with van der Waals surface area (Å²) in [6, 6.07) is 5.75. The fourth-order valence-electron chi connectivity index (χ4n) is 1.56. The predicted molar refractivity (Wildman–Crippen MR) is 66.7 cm³/mol.